The topological polar surface area (TPSA) is 25.3 Å². The first-order valence-electron chi connectivity index (χ1n) is 26.0. The van der Waals surface area contributed by atoms with E-state index in [0.29, 0.717) is 0 Å². The van der Waals surface area contributed by atoms with Crippen LogP contribution in [0.3, 0.4) is 0 Å². The van der Waals surface area contributed by atoms with Crippen molar-refractivity contribution in [2.24, 2.45) is 0 Å². The van der Waals surface area contributed by atoms with E-state index in [4.69, 9.17) is 0 Å². The molecule has 2 nitrogen and oxygen atoms in total. The van der Waals surface area contributed by atoms with Gasteiger partial charge in [-0.1, -0.05) is 237 Å². The van der Waals surface area contributed by atoms with E-state index in [2.05, 4.69) is 88.4 Å². The van der Waals surface area contributed by atoms with Crippen LogP contribution in [0, 0.1) is 14.9 Å². The molecule has 354 valence electrons. The summed E-state index contributed by atoms with van der Waals surface area (Å²) in [4.78, 5) is 0. The maximum absolute atomic E-state index is 12.2. The minimum absolute atomic E-state index is 0. The third-order valence-corrected chi connectivity index (χ3v) is 12.9. The van der Waals surface area contributed by atoms with Gasteiger partial charge in [-0.15, -0.1) is 0 Å². The molecule has 0 bridgehead atoms. The first kappa shape index (κ1) is 59.8. The zero-order valence-electron chi connectivity index (χ0n) is 41.7. The molecule has 0 aliphatic carbocycles. The quantitative estimate of drug-likeness (QED) is 0.0278. The van der Waals surface area contributed by atoms with Crippen molar-refractivity contribution in [2.45, 2.75) is 252 Å². The normalized spacial score (nSPS) is 12.6. The number of unbranched alkanes of at least 4 members (excludes halogenated alkanes) is 28. The van der Waals surface area contributed by atoms with Crippen molar-refractivity contribution >= 4 is 11.4 Å². The Balaban J connectivity index is 0.0000124. The molecule has 0 saturated carbocycles. The van der Waals surface area contributed by atoms with Crippen LogP contribution in [0.5, 0.6) is 0 Å². The summed E-state index contributed by atoms with van der Waals surface area (Å²) in [7, 11) is 0. The van der Waals surface area contributed by atoms with Crippen LogP contribution in [0.25, 0.3) is 16.9 Å². The fraction of sp³-hybridized carbons (Fsp3) is 0.661. The van der Waals surface area contributed by atoms with E-state index in [0.717, 1.165) is 54.6 Å². The van der Waals surface area contributed by atoms with E-state index >= 15 is 0 Å². The largest absolute Gasteiger partial charge is 2.00 e. The number of hydrogen-bond donors (Lipinski definition) is 0. The van der Waals surface area contributed by atoms with E-state index in [-0.39, 0.29) is 31.3 Å². The first-order valence-corrected chi connectivity index (χ1v) is 26.0. The van der Waals surface area contributed by atoms with E-state index in [1.54, 1.807) is 4.70 Å². The third-order valence-electron chi connectivity index (χ3n) is 12.9. The van der Waals surface area contributed by atoms with Crippen LogP contribution in [0.15, 0.2) is 71.8 Å². The minimum Gasteiger partial charge on any atom is -0.493 e. The zero-order chi connectivity index (χ0) is 42.0. The van der Waals surface area contributed by atoms with Gasteiger partial charge in [0.1, 0.15) is 0 Å². The maximum atomic E-state index is 12.2. The Morgan fingerprint density at radius 3 is 1.31 bits per heavy atom. The van der Waals surface area contributed by atoms with Gasteiger partial charge in [-0.3, -0.25) is 0 Å². The molecule has 0 atom stereocenters. The second-order valence-electron chi connectivity index (χ2n) is 18.3. The van der Waals surface area contributed by atoms with Gasteiger partial charge in [-0.25, -0.2) is 4.70 Å². The van der Waals surface area contributed by atoms with Gasteiger partial charge >= 0.3 is 16.5 Å². The fourth-order valence-electron chi connectivity index (χ4n) is 9.12. The summed E-state index contributed by atoms with van der Waals surface area (Å²) >= 11 is 0. The molecule has 0 amide bonds. The van der Waals surface area contributed by atoms with Crippen molar-refractivity contribution in [3.05, 3.63) is 114 Å². The Labute approximate surface area is 397 Å². The Morgan fingerprint density at radius 2 is 0.823 bits per heavy atom. The molecule has 1 heterocycles. The summed E-state index contributed by atoms with van der Waals surface area (Å²) in [6.07, 6.45) is 51.2. The number of benzene rings is 2. The third kappa shape index (κ3) is 24.7. The van der Waals surface area contributed by atoms with Gasteiger partial charge < -0.3 is 20.4 Å². The number of rotatable bonds is 38. The molecule has 0 aromatic heterocycles. The summed E-state index contributed by atoms with van der Waals surface area (Å²) in [6.45, 7) is 9.16. The van der Waals surface area contributed by atoms with Gasteiger partial charge in [0.25, 0.3) is 0 Å². The minimum atomic E-state index is 0. The maximum Gasteiger partial charge on any atom is 2.00 e. The van der Waals surface area contributed by atoms with Crippen molar-refractivity contribution in [2.75, 3.05) is 0 Å². The van der Waals surface area contributed by atoms with Gasteiger partial charge in [0.2, 0.25) is 11.4 Å². The molecule has 1 aliphatic rings. The predicted molar refractivity (Wildman–Crippen MR) is 275 cm³/mol. The zero-order valence-corrected chi connectivity index (χ0v) is 42.7. The van der Waals surface area contributed by atoms with Crippen LogP contribution >= 0.6 is 0 Å². The summed E-state index contributed by atoms with van der Waals surface area (Å²) < 4.78 is 1.56. The van der Waals surface area contributed by atoms with E-state index in [1.165, 1.54) is 215 Å². The van der Waals surface area contributed by atoms with Crippen LogP contribution in [-0.2, 0) is 29.3 Å². The molecule has 3 heteroatoms. The molecule has 1 aliphatic heterocycles. The smallest absolute Gasteiger partial charge is 0.493 e. The number of nitrogens with zero attached hydrogens (tertiary/aromatic N) is 2. The van der Waals surface area contributed by atoms with Crippen LogP contribution < -0.4 is 0 Å². The Morgan fingerprint density at radius 1 is 0.419 bits per heavy atom. The van der Waals surface area contributed by atoms with Crippen LogP contribution in [0.4, 0.5) is 0 Å². The van der Waals surface area contributed by atoms with Crippen LogP contribution in [0.2, 0.25) is 0 Å². The summed E-state index contributed by atoms with van der Waals surface area (Å²) in [5.74, 6) is 0. The van der Waals surface area contributed by atoms with Crippen LogP contribution in [0.1, 0.15) is 262 Å². The van der Waals surface area contributed by atoms with E-state index in [1.807, 2.05) is 0 Å². The number of aryl methyl sites for hydroxylation is 2. The van der Waals surface area contributed by atoms with Gasteiger partial charge in [-0.05, 0) is 86.8 Å². The number of allylic oxidation sites excluding steroid dienone is 4. The molecule has 0 spiro atoms. The van der Waals surface area contributed by atoms with Gasteiger partial charge in [-0.2, -0.15) is 0 Å². The molecule has 0 N–H and O–H groups in total. The summed E-state index contributed by atoms with van der Waals surface area (Å²) in [5, 5.41) is 0. The standard InChI is InChI=1S/C57H92N2.2CH3.Ni/c1-5-9-13-16-17-18-19-20-21-22-23-24-25-26-27-28-29-30-31-32-33-37-44-54-55(43-34-12-8-4)57(53-42-38-41-51(49-53)40-36-15-11-7-3)59(58)56(54)52-47-45-50(46-48-52)39-35-14-10-6-2;;;/h37-38,41-42,44-49H,5-36,39-40,43H2,1-4H3;2*1H3;/q;2*-1;+2. The fourth-order valence-corrected chi connectivity index (χ4v) is 9.12. The summed E-state index contributed by atoms with van der Waals surface area (Å²) in [6, 6.07) is 18.2. The molecule has 2 aromatic rings. The molecular weight excluding hydrogens is 795 g/mol. The second kappa shape index (κ2) is 40.3. The number of hydrogen-bond acceptors (Lipinski definition) is 0. The van der Waals surface area contributed by atoms with E-state index < -0.39 is 0 Å². The Hall–Kier alpha value is -2.25. The van der Waals surface area contributed by atoms with Crippen molar-refractivity contribution in [3.8, 4) is 0 Å². The monoisotopic (exact) mass is 893 g/mol. The predicted octanol–water partition coefficient (Wildman–Crippen LogP) is 20.3. The molecule has 2 aromatic carbocycles. The SMILES string of the molecule is CCCCCCCCCCCCCCCCCCCCCCC=CC1=C(c2ccc(CCCCCC)cc2)[N+](=[N-])C(c2cccc(CCCCCC)c2)=C1CCCCC.[CH3-].[CH3-].[Ni+2]. The van der Waals surface area contributed by atoms with Gasteiger partial charge in [0.05, 0.1) is 5.57 Å². The van der Waals surface area contributed by atoms with Gasteiger partial charge in [0, 0.05) is 16.7 Å². The van der Waals surface area contributed by atoms with Crippen molar-refractivity contribution in [3.63, 3.8) is 0 Å². The molecule has 0 radical (unpaired) electrons. The first-order chi connectivity index (χ1) is 29.1. The average molecular weight is 894 g/mol. The molecule has 0 fully saturated rings. The molecule has 3 rings (SSSR count). The molecule has 0 saturated heterocycles. The Kier molecular flexibility index (Phi) is 38.8. The van der Waals surface area contributed by atoms with Gasteiger partial charge in [0.15, 0.2) is 0 Å². The van der Waals surface area contributed by atoms with E-state index in [9.17, 15) is 5.53 Å². The second-order valence-corrected chi connectivity index (χ2v) is 18.3. The Bertz CT molecular complexity index is 1460. The van der Waals surface area contributed by atoms with Crippen molar-refractivity contribution < 1.29 is 21.2 Å². The summed E-state index contributed by atoms with van der Waals surface area (Å²) in [5.41, 5.74) is 21.7. The van der Waals surface area contributed by atoms with Crippen molar-refractivity contribution in [1.82, 2.24) is 0 Å². The average Bonchev–Trinajstić information content (AvgIpc) is 3.53. The molecule has 0 unspecified atom stereocenters. The van der Waals surface area contributed by atoms with Crippen LogP contribution in [-0.4, -0.2) is 4.70 Å². The molecular formula is C59H98N2Ni. The molecule has 62 heavy (non-hydrogen) atoms. The van der Waals surface area contributed by atoms with Crippen molar-refractivity contribution in [1.29, 1.82) is 0 Å².